The summed E-state index contributed by atoms with van der Waals surface area (Å²) in [6.07, 6.45) is 0. The molecule has 18 heavy (non-hydrogen) atoms. The molecule has 0 bridgehead atoms. The van der Waals surface area contributed by atoms with Crippen molar-refractivity contribution in [2.24, 2.45) is 5.73 Å². The third-order valence-corrected chi connectivity index (χ3v) is 2.46. The van der Waals surface area contributed by atoms with Crippen LogP contribution in [0.25, 0.3) is 11.1 Å². The molecule has 0 saturated heterocycles. The number of guanidine groups is 1. The number of rotatable bonds is 4. The highest BCUT2D eigenvalue weighted by Gasteiger charge is 1.99. The van der Waals surface area contributed by atoms with Crippen LogP contribution in [0, 0.1) is 5.41 Å². The second-order valence-electron chi connectivity index (χ2n) is 3.87. The Balaban J connectivity index is 2.08. The third-order valence-electron chi connectivity index (χ3n) is 2.46. The molecule has 0 amide bonds. The predicted molar refractivity (Wildman–Crippen MR) is 71.7 cm³/mol. The fourth-order valence-corrected chi connectivity index (χ4v) is 1.67. The fraction of sp³-hybridized carbons (Fsp3) is 0.0714. The van der Waals surface area contributed by atoms with E-state index >= 15 is 0 Å². The predicted octanol–water partition coefficient (Wildman–Crippen LogP) is 2.27. The van der Waals surface area contributed by atoms with Gasteiger partial charge in [-0.3, -0.25) is 10.2 Å². The first kappa shape index (κ1) is 12.1. The van der Waals surface area contributed by atoms with Gasteiger partial charge in [-0.05, 0) is 22.8 Å². The number of nitrogens with two attached hydrogens (primary N) is 1. The van der Waals surface area contributed by atoms with Crippen LogP contribution in [0.4, 0.5) is 0 Å². The Morgan fingerprint density at radius 1 is 1.06 bits per heavy atom. The molecule has 0 aliphatic rings. The van der Waals surface area contributed by atoms with E-state index < -0.39 is 0 Å². The van der Waals surface area contributed by atoms with Crippen LogP contribution < -0.4 is 11.2 Å². The van der Waals surface area contributed by atoms with E-state index in [2.05, 4.69) is 29.7 Å². The number of hydrogen-bond donors (Lipinski definition) is 3. The molecule has 0 aromatic heterocycles. The number of hydroxylamine groups is 1. The van der Waals surface area contributed by atoms with Crippen LogP contribution in [-0.2, 0) is 11.4 Å². The van der Waals surface area contributed by atoms with Crippen molar-refractivity contribution in [3.05, 3.63) is 60.2 Å². The summed E-state index contributed by atoms with van der Waals surface area (Å²) in [7, 11) is 0. The molecule has 0 saturated carbocycles. The van der Waals surface area contributed by atoms with E-state index in [4.69, 9.17) is 16.0 Å². The molecule has 2 aromatic rings. The summed E-state index contributed by atoms with van der Waals surface area (Å²) in [6, 6.07) is 18.2. The van der Waals surface area contributed by atoms with Gasteiger partial charge in [0.25, 0.3) is 0 Å². The Hall–Kier alpha value is -2.33. The molecular weight excluding hydrogens is 226 g/mol. The minimum Gasteiger partial charge on any atom is -0.368 e. The Bertz CT molecular complexity index is 526. The smallest absolute Gasteiger partial charge is 0.210 e. The second-order valence-corrected chi connectivity index (χ2v) is 3.87. The van der Waals surface area contributed by atoms with E-state index in [0.717, 1.165) is 11.1 Å². The number of benzene rings is 2. The summed E-state index contributed by atoms with van der Waals surface area (Å²) in [5.41, 5.74) is 10.8. The van der Waals surface area contributed by atoms with Crippen molar-refractivity contribution in [2.75, 3.05) is 0 Å². The summed E-state index contributed by atoms with van der Waals surface area (Å²) < 4.78 is 0. The van der Waals surface area contributed by atoms with Gasteiger partial charge in [0.1, 0.15) is 0 Å². The molecule has 4 nitrogen and oxygen atoms in total. The van der Waals surface area contributed by atoms with Gasteiger partial charge >= 0.3 is 0 Å². The monoisotopic (exact) mass is 241 g/mol. The summed E-state index contributed by atoms with van der Waals surface area (Å²) in [5.74, 6) is -0.200. The van der Waals surface area contributed by atoms with E-state index in [-0.39, 0.29) is 5.96 Å². The second kappa shape index (κ2) is 5.84. The average molecular weight is 241 g/mol. The topological polar surface area (TPSA) is 71.1 Å². The Labute approximate surface area is 106 Å². The molecule has 0 aliphatic heterocycles. The molecule has 4 heteroatoms. The standard InChI is InChI=1S/C14H15N3O/c15-14(16)17-18-10-11-5-4-8-13(9-11)12-6-2-1-3-7-12/h1-9H,10H2,(H4,15,16,17). The number of hydrogen-bond acceptors (Lipinski definition) is 2. The largest absolute Gasteiger partial charge is 0.368 e. The van der Waals surface area contributed by atoms with Crippen LogP contribution in [0.15, 0.2) is 54.6 Å². The lowest BCUT2D eigenvalue weighted by Crippen LogP contribution is -2.30. The summed E-state index contributed by atoms with van der Waals surface area (Å²) >= 11 is 0. The first-order chi connectivity index (χ1) is 8.75. The van der Waals surface area contributed by atoms with E-state index in [1.165, 1.54) is 5.56 Å². The van der Waals surface area contributed by atoms with Crippen LogP contribution in [0.2, 0.25) is 0 Å². The third kappa shape index (κ3) is 3.33. The van der Waals surface area contributed by atoms with Gasteiger partial charge in [0.2, 0.25) is 5.96 Å². The highest BCUT2D eigenvalue weighted by atomic mass is 16.6. The van der Waals surface area contributed by atoms with Crippen molar-refractivity contribution in [3.63, 3.8) is 0 Å². The summed E-state index contributed by atoms with van der Waals surface area (Å²) in [6.45, 7) is 0.361. The average Bonchev–Trinajstić information content (AvgIpc) is 2.40. The molecule has 0 atom stereocenters. The van der Waals surface area contributed by atoms with Gasteiger partial charge in [0.05, 0.1) is 6.61 Å². The van der Waals surface area contributed by atoms with Crippen LogP contribution in [0.3, 0.4) is 0 Å². The molecule has 0 spiro atoms. The van der Waals surface area contributed by atoms with Crippen molar-refractivity contribution in [3.8, 4) is 11.1 Å². The zero-order chi connectivity index (χ0) is 12.8. The molecule has 0 radical (unpaired) electrons. The van der Waals surface area contributed by atoms with Crippen molar-refractivity contribution < 1.29 is 4.84 Å². The van der Waals surface area contributed by atoms with E-state index in [1.54, 1.807) is 0 Å². The minimum atomic E-state index is -0.200. The molecular formula is C14H15N3O. The van der Waals surface area contributed by atoms with Crippen LogP contribution >= 0.6 is 0 Å². The minimum absolute atomic E-state index is 0.200. The molecule has 92 valence electrons. The normalized spacial score (nSPS) is 10.0. The van der Waals surface area contributed by atoms with E-state index in [0.29, 0.717) is 6.61 Å². The van der Waals surface area contributed by atoms with Gasteiger partial charge in [-0.25, -0.2) is 5.48 Å². The maximum absolute atomic E-state index is 6.98. The maximum Gasteiger partial charge on any atom is 0.210 e. The van der Waals surface area contributed by atoms with Crippen molar-refractivity contribution in [1.82, 2.24) is 5.48 Å². The molecule has 0 fully saturated rings. The summed E-state index contributed by atoms with van der Waals surface area (Å²) in [4.78, 5) is 5.07. The molecule has 2 rings (SSSR count). The summed E-state index contributed by atoms with van der Waals surface area (Å²) in [5, 5.41) is 6.98. The van der Waals surface area contributed by atoms with Gasteiger partial charge in [0, 0.05) is 0 Å². The molecule has 0 unspecified atom stereocenters. The Morgan fingerprint density at radius 2 is 1.78 bits per heavy atom. The first-order valence-electron chi connectivity index (χ1n) is 5.62. The maximum atomic E-state index is 6.98. The van der Waals surface area contributed by atoms with E-state index in [9.17, 15) is 0 Å². The van der Waals surface area contributed by atoms with Gasteiger partial charge in [-0.1, -0.05) is 48.5 Å². The van der Waals surface area contributed by atoms with Gasteiger partial charge in [-0.15, -0.1) is 0 Å². The van der Waals surface area contributed by atoms with Crippen LogP contribution in [0.1, 0.15) is 5.56 Å². The fourth-order valence-electron chi connectivity index (χ4n) is 1.67. The lowest BCUT2D eigenvalue weighted by Gasteiger charge is -2.07. The van der Waals surface area contributed by atoms with Gasteiger partial charge < -0.3 is 5.73 Å². The van der Waals surface area contributed by atoms with Crippen molar-refractivity contribution >= 4 is 5.96 Å². The zero-order valence-corrected chi connectivity index (χ0v) is 9.89. The Kier molecular flexibility index (Phi) is 3.94. The van der Waals surface area contributed by atoms with Crippen LogP contribution in [0.5, 0.6) is 0 Å². The highest BCUT2D eigenvalue weighted by Crippen LogP contribution is 2.20. The Morgan fingerprint density at radius 3 is 2.50 bits per heavy atom. The lowest BCUT2D eigenvalue weighted by atomic mass is 10.0. The van der Waals surface area contributed by atoms with Gasteiger partial charge in [-0.2, -0.15) is 0 Å². The quantitative estimate of drug-likeness (QED) is 0.437. The zero-order valence-electron chi connectivity index (χ0n) is 9.89. The molecule has 0 aliphatic carbocycles. The highest BCUT2D eigenvalue weighted by molar-refractivity contribution is 5.72. The van der Waals surface area contributed by atoms with Gasteiger partial charge in [0.15, 0.2) is 0 Å². The molecule has 0 heterocycles. The number of nitrogens with one attached hydrogen (secondary N) is 2. The SMILES string of the molecule is N=C(N)NOCc1cccc(-c2ccccc2)c1. The molecule has 4 N–H and O–H groups in total. The first-order valence-corrected chi connectivity index (χ1v) is 5.62. The van der Waals surface area contributed by atoms with Crippen molar-refractivity contribution in [2.45, 2.75) is 6.61 Å². The molecule has 2 aromatic carbocycles. The van der Waals surface area contributed by atoms with E-state index in [1.807, 2.05) is 30.3 Å². The lowest BCUT2D eigenvalue weighted by molar-refractivity contribution is 0.0698. The van der Waals surface area contributed by atoms with Crippen molar-refractivity contribution in [1.29, 1.82) is 5.41 Å². The van der Waals surface area contributed by atoms with Crippen LogP contribution in [-0.4, -0.2) is 5.96 Å².